The summed E-state index contributed by atoms with van der Waals surface area (Å²) < 4.78 is 30.9. The van der Waals surface area contributed by atoms with Crippen LogP contribution in [0.15, 0.2) is 0 Å². The third-order valence-corrected chi connectivity index (χ3v) is 2.34. The van der Waals surface area contributed by atoms with Gasteiger partial charge in [-0.05, 0) is 6.42 Å². The molecule has 10 heavy (non-hydrogen) atoms. The first-order valence-electron chi connectivity index (χ1n) is 2.93. The molecule has 0 bridgehead atoms. The number of halogens is 2. The summed E-state index contributed by atoms with van der Waals surface area (Å²) in [6.45, 7) is 1.64. The highest BCUT2D eigenvalue weighted by Gasteiger charge is 2.18. The van der Waals surface area contributed by atoms with E-state index in [0.29, 0.717) is 0 Å². The van der Waals surface area contributed by atoms with Gasteiger partial charge in [-0.1, -0.05) is 6.92 Å². The van der Waals surface area contributed by atoms with Crippen molar-refractivity contribution in [2.45, 2.75) is 24.9 Å². The molecule has 0 aliphatic carbocycles. The summed E-state index contributed by atoms with van der Waals surface area (Å²) in [7, 11) is 0. The van der Waals surface area contributed by atoms with Crippen LogP contribution in [0.25, 0.3) is 0 Å². The van der Waals surface area contributed by atoms with E-state index >= 15 is 0 Å². The summed E-state index contributed by atoms with van der Waals surface area (Å²) in [5.41, 5.74) is 0. The van der Waals surface area contributed by atoms with Gasteiger partial charge in [-0.15, -0.1) is 11.6 Å². The predicted octanol–water partition coefficient (Wildman–Crippen LogP) is 1.56. The molecule has 0 aliphatic rings. The molecule has 2 nitrogen and oxygen atoms in total. The van der Waals surface area contributed by atoms with Gasteiger partial charge in [0.15, 0.2) is 11.1 Å². The maximum absolute atomic E-state index is 12.5. The van der Waals surface area contributed by atoms with Crippen LogP contribution in [-0.2, 0) is 11.1 Å². The molecule has 0 spiro atoms. The van der Waals surface area contributed by atoms with Crippen molar-refractivity contribution in [1.29, 1.82) is 0 Å². The number of rotatable bonds is 4. The van der Waals surface area contributed by atoms with Gasteiger partial charge in [-0.25, -0.2) is 8.60 Å². The summed E-state index contributed by atoms with van der Waals surface area (Å²) >= 11 is 3.41. The summed E-state index contributed by atoms with van der Waals surface area (Å²) in [6, 6.07) is 0. The maximum Gasteiger partial charge on any atom is 0.154 e. The van der Waals surface area contributed by atoms with Crippen LogP contribution < -0.4 is 0 Å². The van der Waals surface area contributed by atoms with E-state index in [1.54, 1.807) is 6.92 Å². The fraction of sp³-hybridized carbons (Fsp3) is 1.00. The van der Waals surface area contributed by atoms with Crippen molar-refractivity contribution in [3.05, 3.63) is 0 Å². The van der Waals surface area contributed by atoms with E-state index in [1.807, 2.05) is 0 Å². The molecule has 0 aromatic heterocycles. The maximum atomic E-state index is 12.5. The largest absolute Gasteiger partial charge is 0.306 e. The van der Waals surface area contributed by atoms with E-state index in [4.69, 9.17) is 16.2 Å². The Morgan fingerprint density at radius 2 is 2.30 bits per heavy atom. The predicted molar refractivity (Wildman–Crippen MR) is 40.5 cm³/mol. The molecule has 3 unspecified atom stereocenters. The highest BCUT2D eigenvalue weighted by atomic mass is 35.5. The van der Waals surface area contributed by atoms with Gasteiger partial charge in [0, 0.05) is 0 Å². The molecule has 0 radical (unpaired) electrons. The zero-order valence-electron chi connectivity index (χ0n) is 5.59. The third-order valence-electron chi connectivity index (χ3n) is 1.08. The molecule has 0 amide bonds. The molecule has 0 rings (SSSR count). The van der Waals surface area contributed by atoms with Crippen LogP contribution in [-0.4, -0.2) is 26.1 Å². The monoisotopic (exact) mass is 188 g/mol. The van der Waals surface area contributed by atoms with Crippen LogP contribution in [0.4, 0.5) is 4.39 Å². The summed E-state index contributed by atoms with van der Waals surface area (Å²) in [5.74, 6) is -0.198. The van der Waals surface area contributed by atoms with Gasteiger partial charge in [-0.3, -0.25) is 0 Å². The van der Waals surface area contributed by atoms with E-state index in [1.165, 1.54) is 0 Å². The average Bonchev–Trinajstić information content (AvgIpc) is 1.85. The van der Waals surface area contributed by atoms with Crippen molar-refractivity contribution in [2.75, 3.05) is 5.75 Å². The van der Waals surface area contributed by atoms with E-state index in [9.17, 15) is 8.60 Å². The summed E-state index contributed by atoms with van der Waals surface area (Å²) in [4.78, 5) is 0. The van der Waals surface area contributed by atoms with E-state index < -0.39 is 22.6 Å². The first kappa shape index (κ1) is 10.3. The zero-order chi connectivity index (χ0) is 8.15. The molecular weight excluding hydrogens is 179 g/mol. The number of alkyl halides is 2. The first-order valence-corrected chi connectivity index (χ1v) is 4.64. The molecule has 0 saturated carbocycles. The van der Waals surface area contributed by atoms with Crippen LogP contribution in [0.3, 0.4) is 0 Å². The SMILES string of the molecule is CCC(F)C(Cl)CS(=O)O. The van der Waals surface area contributed by atoms with Crippen molar-refractivity contribution in [1.82, 2.24) is 0 Å². The van der Waals surface area contributed by atoms with Crippen molar-refractivity contribution in [3.8, 4) is 0 Å². The Morgan fingerprint density at radius 1 is 1.80 bits per heavy atom. The van der Waals surface area contributed by atoms with Crippen LogP contribution in [0.2, 0.25) is 0 Å². The standard InChI is InChI=1S/C5H10ClFO2S/c1-2-5(7)4(6)3-10(8)9/h4-5H,2-3H2,1H3,(H,8,9). The average molecular weight is 189 g/mol. The molecule has 0 aromatic carbocycles. The number of hydrogen-bond acceptors (Lipinski definition) is 1. The molecule has 62 valence electrons. The fourth-order valence-corrected chi connectivity index (χ4v) is 1.48. The molecular formula is C5H10ClFO2S. The van der Waals surface area contributed by atoms with E-state index in [0.717, 1.165) is 0 Å². The highest BCUT2D eigenvalue weighted by Crippen LogP contribution is 2.11. The fourth-order valence-electron chi connectivity index (χ4n) is 0.496. The van der Waals surface area contributed by atoms with Gasteiger partial charge in [0.2, 0.25) is 0 Å². The smallest absolute Gasteiger partial charge is 0.154 e. The van der Waals surface area contributed by atoms with Crippen molar-refractivity contribution < 1.29 is 13.2 Å². The molecule has 0 aliphatic heterocycles. The molecule has 0 heterocycles. The number of hydrogen-bond donors (Lipinski definition) is 1. The topological polar surface area (TPSA) is 37.3 Å². The van der Waals surface area contributed by atoms with Gasteiger partial charge in [0.25, 0.3) is 0 Å². The Kier molecular flexibility index (Phi) is 5.21. The van der Waals surface area contributed by atoms with Crippen LogP contribution in [0, 0.1) is 0 Å². The quantitative estimate of drug-likeness (QED) is 0.537. The zero-order valence-corrected chi connectivity index (χ0v) is 7.16. The first-order chi connectivity index (χ1) is 4.57. The Labute approximate surface area is 67.0 Å². The lowest BCUT2D eigenvalue weighted by Gasteiger charge is -2.09. The Bertz CT molecular complexity index is 122. The van der Waals surface area contributed by atoms with Gasteiger partial charge in [-0.2, -0.15) is 0 Å². The minimum atomic E-state index is -1.99. The second-order valence-electron chi connectivity index (χ2n) is 1.93. The normalized spacial score (nSPS) is 20.0. The summed E-state index contributed by atoms with van der Waals surface area (Å²) in [6.07, 6.45) is -0.900. The molecule has 3 atom stereocenters. The van der Waals surface area contributed by atoms with Crippen LogP contribution >= 0.6 is 11.6 Å². The lowest BCUT2D eigenvalue weighted by atomic mass is 10.2. The molecule has 5 heteroatoms. The second-order valence-corrected chi connectivity index (χ2v) is 3.47. The highest BCUT2D eigenvalue weighted by molar-refractivity contribution is 7.79. The van der Waals surface area contributed by atoms with Gasteiger partial charge in [0.1, 0.15) is 6.17 Å². The second kappa shape index (κ2) is 5.04. The molecule has 0 aromatic rings. The van der Waals surface area contributed by atoms with E-state index in [-0.39, 0.29) is 12.2 Å². The minimum Gasteiger partial charge on any atom is -0.306 e. The third kappa shape index (κ3) is 4.19. The van der Waals surface area contributed by atoms with Gasteiger partial charge in [0.05, 0.1) is 11.1 Å². The van der Waals surface area contributed by atoms with E-state index in [2.05, 4.69) is 0 Å². The van der Waals surface area contributed by atoms with Crippen LogP contribution in [0.5, 0.6) is 0 Å². The Morgan fingerprint density at radius 3 is 2.60 bits per heavy atom. The van der Waals surface area contributed by atoms with Crippen LogP contribution in [0.1, 0.15) is 13.3 Å². The minimum absolute atomic E-state index is 0.198. The van der Waals surface area contributed by atoms with Crippen molar-refractivity contribution >= 4 is 22.7 Å². The molecule has 1 N–H and O–H groups in total. The van der Waals surface area contributed by atoms with Crippen molar-refractivity contribution in [2.24, 2.45) is 0 Å². The lowest BCUT2D eigenvalue weighted by molar-refractivity contribution is 0.320. The van der Waals surface area contributed by atoms with Gasteiger partial charge < -0.3 is 4.55 Å². The van der Waals surface area contributed by atoms with Crippen molar-refractivity contribution in [3.63, 3.8) is 0 Å². The Hall–Kier alpha value is 0.330. The summed E-state index contributed by atoms with van der Waals surface area (Å²) in [5, 5.41) is -0.837. The molecule has 0 fully saturated rings. The van der Waals surface area contributed by atoms with Gasteiger partial charge >= 0.3 is 0 Å². The molecule has 0 saturated heterocycles. The lowest BCUT2D eigenvalue weighted by Crippen LogP contribution is -2.21. The Balaban J connectivity index is 3.61.